The standard InChI is InChI=1S/C28H40N4O2/c1-30-18-12-26(13-19-30)31-16-6-4-3-5-7-17-32(28(33)22-34-2)27-9-8-24(20-25(27)21-31)23-10-14-29-15-11-23/h8-11,14-15,20,26H,3-7,12-13,16-19,21-22H2,1-2H3. The van der Waals surface area contributed by atoms with E-state index >= 15 is 0 Å². The molecule has 0 saturated carbocycles. The van der Waals surface area contributed by atoms with E-state index < -0.39 is 0 Å². The number of fused-ring (bicyclic) bond motifs is 1. The Hall–Kier alpha value is -2.28. The van der Waals surface area contributed by atoms with Crippen molar-refractivity contribution in [3.8, 4) is 11.1 Å². The number of amides is 1. The average molecular weight is 465 g/mol. The van der Waals surface area contributed by atoms with Gasteiger partial charge < -0.3 is 14.5 Å². The van der Waals surface area contributed by atoms with Gasteiger partial charge in [0.1, 0.15) is 6.61 Å². The average Bonchev–Trinajstić information content (AvgIpc) is 2.85. The first kappa shape index (κ1) is 24.8. The number of carbonyl (C=O) groups is 1. The number of aromatic nitrogens is 1. The summed E-state index contributed by atoms with van der Waals surface area (Å²) in [5.74, 6) is 0.0447. The van der Waals surface area contributed by atoms with Crippen molar-refractivity contribution >= 4 is 11.6 Å². The second kappa shape index (κ2) is 12.4. The fraction of sp³-hybridized carbons (Fsp3) is 0.571. The Kier molecular flexibility index (Phi) is 9.08. The van der Waals surface area contributed by atoms with Gasteiger partial charge in [-0.25, -0.2) is 0 Å². The minimum atomic E-state index is 0.0447. The molecule has 0 atom stereocenters. The molecule has 0 N–H and O–H groups in total. The summed E-state index contributed by atoms with van der Waals surface area (Å²) in [5, 5.41) is 0. The summed E-state index contributed by atoms with van der Waals surface area (Å²) in [5.41, 5.74) is 4.61. The summed E-state index contributed by atoms with van der Waals surface area (Å²) >= 11 is 0. The van der Waals surface area contributed by atoms with Gasteiger partial charge in [0.25, 0.3) is 5.91 Å². The number of hydrogen-bond donors (Lipinski definition) is 0. The number of hydrogen-bond acceptors (Lipinski definition) is 5. The summed E-state index contributed by atoms with van der Waals surface area (Å²) in [6, 6.07) is 11.3. The summed E-state index contributed by atoms with van der Waals surface area (Å²) in [6.45, 7) is 5.17. The Labute approximate surface area is 204 Å². The van der Waals surface area contributed by atoms with E-state index in [-0.39, 0.29) is 12.5 Å². The van der Waals surface area contributed by atoms with Crippen molar-refractivity contribution in [2.24, 2.45) is 0 Å². The second-order valence-corrected chi connectivity index (χ2v) is 9.83. The van der Waals surface area contributed by atoms with Crippen LogP contribution in [0, 0.1) is 0 Å². The predicted molar refractivity (Wildman–Crippen MR) is 138 cm³/mol. The molecule has 1 fully saturated rings. The summed E-state index contributed by atoms with van der Waals surface area (Å²) in [6.07, 6.45) is 12.0. The van der Waals surface area contributed by atoms with Crippen molar-refractivity contribution in [2.45, 2.75) is 57.5 Å². The molecule has 0 spiro atoms. The molecule has 184 valence electrons. The zero-order chi connectivity index (χ0) is 23.8. The van der Waals surface area contributed by atoms with E-state index in [0.717, 1.165) is 56.8 Å². The Morgan fingerprint density at radius 1 is 0.941 bits per heavy atom. The molecular formula is C28H40N4O2. The molecule has 1 aromatic carbocycles. The summed E-state index contributed by atoms with van der Waals surface area (Å²) < 4.78 is 5.25. The van der Waals surface area contributed by atoms with Crippen LogP contribution in [0.4, 0.5) is 5.69 Å². The topological polar surface area (TPSA) is 48.9 Å². The monoisotopic (exact) mass is 464 g/mol. The van der Waals surface area contributed by atoms with Gasteiger partial charge in [0, 0.05) is 44.3 Å². The van der Waals surface area contributed by atoms with Crippen LogP contribution < -0.4 is 4.90 Å². The van der Waals surface area contributed by atoms with Gasteiger partial charge in [0.15, 0.2) is 0 Å². The van der Waals surface area contributed by atoms with Gasteiger partial charge in [0.2, 0.25) is 0 Å². The highest BCUT2D eigenvalue weighted by molar-refractivity contribution is 5.95. The number of ether oxygens (including phenoxy) is 1. The summed E-state index contributed by atoms with van der Waals surface area (Å²) in [7, 11) is 3.83. The highest BCUT2D eigenvalue weighted by atomic mass is 16.5. The SMILES string of the molecule is COCC(=O)N1CCCCCCCN(C2CCN(C)CC2)Cc2cc(-c3ccncc3)ccc21. The van der Waals surface area contributed by atoms with E-state index in [2.05, 4.69) is 52.2 Å². The van der Waals surface area contributed by atoms with E-state index in [4.69, 9.17) is 4.74 Å². The van der Waals surface area contributed by atoms with Crippen LogP contribution in [0.25, 0.3) is 11.1 Å². The van der Waals surface area contributed by atoms with Gasteiger partial charge in [-0.05, 0) is 93.3 Å². The lowest BCUT2D eigenvalue weighted by Crippen LogP contribution is -2.44. The minimum absolute atomic E-state index is 0.0447. The number of carbonyl (C=O) groups excluding carboxylic acids is 1. The van der Waals surface area contributed by atoms with Crippen LogP contribution in [0.3, 0.4) is 0 Å². The van der Waals surface area contributed by atoms with Crippen LogP contribution in [-0.2, 0) is 16.1 Å². The van der Waals surface area contributed by atoms with Crippen LogP contribution in [0.15, 0.2) is 42.7 Å². The van der Waals surface area contributed by atoms with Gasteiger partial charge in [0.05, 0.1) is 0 Å². The third-order valence-electron chi connectivity index (χ3n) is 7.36. The Balaban J connectivity index is 1.72. The van der Waals surface area contributed by atoms with Crippen LogP contribution in [0.5, 0.6) is 0 Å². The maximum absolute atomic E-state index is 13.1. The van der Waals surface area contributed by atoms with Crippen LogP contribution in [0.1, 0.15) is 50.5 Å². The van der Waals surface area contributed by atoms with Gasteiger partial charge in [-0.3, -0.25) is 14.7 Å². The normalized spacial score (nSPS) is 19.8. The fourth-order valence-electron chi connectivity index (χ4n) is 5.37. The van der Waals surface area contributed by atoms with Gasteiger partial charge in [-0.15, -0.1) is 0 Å². The molecule has 1 aromatic heterocycles. The Bertz CT molecular complexity index is 912. The van der Waals surface area contributed by atoms with Crippen LogP contribution in [-0.4, -0.2) is 73.7 Å². The molecule has 4 rings (SSSR count). The largest absolute Gasteiger partial charge is 0.375 e. The molecule has 0 unspecified atom stereocenters. The number of methoxy groups -OCH3 is 1. The molecule has 0 bridgehead atoms. The van der Waals surface area contributed by atoms with Crippen LogP contribution >= 0.6 is 0 Å². The third-order valence-corrected chi connectivity index (χ3v) is 7.36. The third kappa shape index (κ3) is 6.44. The Morgan fingerprint density at radius 3 is 2.38 bits per heavy atom. The molecule has 0 aliphatic carbocycles. The zero-order valence-corrected chi connectivity index (χ0v) is 20.9. The van der Waals surface area contributed by atoms with Crippen molar-refractivity contribution in [1.82, 2.24) is 14.8 Å². The summed E-state index contributed by atoms with van der Waals surface area (Å²) in [4.78, 5) is 24.4. The number of rotatable bonds is 4. The van der Waals surface area contributed by atoms with Crippen molar-refractivity contribution in [3.05, 3.63) is 48.3 Å². The molecule has 0 radical (unpaired) electrons. The van der Waals surface area contributed by atoms with Crippen molar-refractivity contribution in [3.63, 3.8) is 0 Å². The van der Waals surface area contributed by atoms with E-state index in [1.54, 1.807) is 7.11 Å². The minimum Gasteiger partial charge on any atom is -0.375 e. The zero-order valence-electron chi connectivity index (χ0n) is 20.9. The number of pyridine rings is 1. The number of nitrogens with zero attached hydrogens (tertiary/aromatic N) is 4. The number of likely N-dealkylation sites (tertiary alicyclic amines) is 1. The van der Waals surface area contributed by atoms with Crippen molar-refractivity contribution in [2.75, 3.05) is 51.8 Å². The van der Waals surface area contributed by atoms with Crippen LogP contribution in [0.2, 0.25) is 0 Å². The van der Waals surface area contributed by atoms with E-state index in [9.17, 15) is 4.79 Å². The predicted octanol–water partition coefficient (Wildman–Crippen LogP) is 4.59. The van der Waals surface area contributed by atoms with Crippen molar-refractivity contribution in [1.29, 1.82) is 0 Å². The maximum atomic E-state index is 13.1. The van der Waals surface area contributed by atoms with E-state index in [0.29, 0.717) is 6.04 Å². The lowest BCUT2D eigenvalue weighted by molar-refractivity contribution is -0.122. The van der Waals surface area contributed by atoms with Gasteiger partial charge >= 0.3 is 0 Å². The fourth-order valence-corrected chi connectivity index (χ4v) is 5.37. The number of piperidine rings is 1. The van der Waals surface area contributed by atoms with Gasteiger partial charge in [-0.1, -0.05) is 25.3 Å². The molecule has 2 aromatic rings. The smallest absolute Gasteiger partial charge is 0.252 e. The molecule has 6 nitrogen and oxygen atoms in total. The van der Waals surface area contributed by atoms with E-state index in [1.165, 1.54) is 43.2 Å². The molecular weight excluding hydrogens is 424 g/mol. The highest BCUT2D eigenvalue weighted by Gasteiger charge is 2.26. The maximum Gasteiger partial charge on any atom is 0.252 e. The number of anilines is 1. The first-order valence-electron chi connectivity index (χ1n) is 12.9. The van der Waals surface area contributed by atoms with Gasteiger partial charge in [-0.2, -0.15) is 0 Å². The second-order valence-electron chi connectivity index (χ2n) is 9.83. The quantitative estimate of drug-likeness (QED) is 0.663. The molecule has 1 amide bonds. The lowest BCUT2D eigenvalue weighted by atomic mass is 9.98. The van der Waals surface area contributed by atoms with Crippen molar-refractivity contribution < 1.29 is 9.53 Å². The lowest BCUT2D eigenvalue weighted by Gasteiger charge is -2.38. The molecule has 34 heavy (non-hydrogen) atoms. The first-order valence-corrected chi connectivity index (χ1v) is 12.9. The molecule has 6 heteroatoms. The highest BCUT2D eigenvalue weighted by Crippen LogP contribution is 2.31. The first-order chi connectivity index (χ1) is 16.7. The molecule has 2 aliphatic heterocycles. The van der Waals surface area contributed by atoms with E-state index in [1.807, 2.05) is 17.3 Å². The molecule has 3 heterocycles. The number of benzene rings is 1. The Morgan fingerprint density at radius 2 is 1.65 bits per heavy atom. The molecule has 1 saturated heterocycles. The molecule has 2 aliphatic rings.